The van der Waals surface area contributed by atoms with Crippen molar-refractivity contribution in [1.82, 2.24) is 4.98 Å². The molecule has 0 fully saturated rings. The molecule has 0 aliphatic rings. The number of pyridine rings is 1. The van der Waals surface area contributed by atoms with Crippen LogP contribution in [0.4, 0.5) is 5.69 Å². The van der Waals surface area contributed by atoms with E-state index in [-0.39, 0.29) is 5.91 Å². The summed E-state index contributed by atoms with van der Waals surface area (Å²) in [7, 11) is 0. The third kappa shape index (κ3) is 4.73. The van der Waals surface area contributed by atoms with Gasteiger partial charge >= 0.3 is 0 Å². The van der Waals surface area contributed by atoms with Gasteiger partial charge in [-0.25, -0.2) is 0 Å². The number of terminal acetylenes is 2. The van der Waals surface area contributed by atoms with Gasteiger partial charge in [0.05, 0.1) is 6.54 Å². The lowest BCUT2D eigenvalue weighted by molar-refractivity contribution is -0.118. The molecule has 0 unspecified atom stereocenters. The van der Waals surface area contributed by atoms with Gasteiger partial charge in [-0.3, -0.25) is 9.78 Å². The van der Waals surface area contributed by atoms with E-state index in [0.717, 1.165) is 16.8 Å². The molecule has 2 rings (SSSR count). The topological polar surface area (TPSA) is 33.2 Å². The van der Waals surface area contributed by atoms with Crippen LogP contribution < -0.4 is 4.90 Å². The van der Waals surface area contributed by atoms with E-state index in [9.17, 15) is 4.79 Å². The van der Waals surface area contributed by atoms with Crippen LogP contribution in [0, 0.1) is 24.7 Å². The van der Waals surface area contributed by atoms with Crippen LogP contribution in [0.15, 0.2) is 48.8 Å². The van der Waals surface area contributed by atoms with Crippen molar-refractivity contribution in [2.45, 2.75) is 25.8 Å². The molecule has 1 aromatic carbocycles. The van der Waals surface area contributed by atoms with Gasteiger partial charge < -0.3 is 4.90 Å². The maximum atomic E-state index is 12.6. The number of hydrogen-bond donors (Lipinski definition) is 0. The van der Waals surface area contributed by atoms with Gasteiger partial charge in [0, 0.05) is 36.5 Å². The molecule has 3 nitrogen and oxygen atoms in total. The second-order valence-electron chi connectivity index (χ2n) is 5.09. The summed E-state index contributed by atoms with van der Waals surface area (Å²) in [5.41, 5.74) is 2.55. The smallest absolute Gasteiger partial charge is 0.227 e. The fraction of sp³-hybridized carbons (Fsp3) is 0.200. The molecule has 0 saturated carbocycles. The molecular formula is C20H18N2O. The number of amides is 1. The number of nitrogens with zero attached hydrogens (tertiary/aromatic N) is 2. The van der Waals surface area contributed by atoms with Crippen LogP contribution in [-0.2, 0) is 11.3 Å². The van der Waals surface area contributed by atoms with Crippen LogP contribution >= 0.6 is 0 Å². The van der Waals surface area contributed by atoms with Crippen LogP contribution in [-0.4, -0.2) is 10.9 Å². The van der Waals surface area contributed by atoms with Crippen molar-refractivity contribution in [3.05, 3.63) is 59.9 Å². The number of hydrogen-bond acceptors (Lipinski definition) is 2. The van der Waals surface area contributed by atoms with Crippen LogP contribution in [0.2, 0.25) is 0 Å². The Morgan fingerprint density at radius 1 is 1.17 bits per heavy atom. The van der Waals surface area contributed by atoms with E-state index in [4.69, 9.17) is 12.8 Å². The van der Waals surface area contributed by atoms with Crippen molar-refractivity contribution in [2.24, 2.45) is 0 Å². The summed E-state index contributed by atoms with van der Waals surface area (Å²) >= 11 is 0. The van der Waals surface area contributed by atoms with Crippen molar-refractivity contribution >= 4 is 11.6 Å². The molecular weight excluding hydrogens is 284 g/mol. The first-order valence-electron chi connectivity index (χ1n) is 7.44. The number of aromatic nitrogens is 1. The molecule has 1 heterocycles. The predicted molar refractivity (Wildman–Crippen MR) is 92.5 cm³/mol. The molecule has 0 aliphatic carbocycles. The highest BCUT2D eigenvalue weighted by Crippen LogP contribution is 2.20. The molecule has 1 amide bonds. The van der Waals surface area contributed by atoms with E-state index < -0.39 is 0 Å². The largest absolute Gasteiger partial charge is 0.308 e. The SMILES string of the molecule is C#CCCCC(=O)N(Cc1ccncc1)c1cccc(C#C)c1. The standard InChI is InChI=1S/C20H18N2O/c1-3-5-6-10-20(23)22(16-18-11-13-21-14-12-18)19-9-7-8-17(4-2)15-19/h1-2,7-9,11-15H,5-6,10,16H2. The first-order chi connectivity index (χ1) is 11.2. The third-order valence-electron chi connectivity index (χ3n) is 3.43. The van der Waals surface area contributed by atoms with Gasteiger partial charge in [-0.2, -0.15) is 0 Å². The lowest BCUT2D eigenvalue weighted by atomic mass is 10.1. The maximum Gasteiger partial charge on any atom is 0.227 e. The summed E-state index contributed by atoms with van der Waals surface area (Å²) < 4.78 is 0. The molecule has 0 N–H and O–H groups in total. The minimum absolute atomic E-state index is 0.0335. The van der Waals surface area contributed by atoms with Gasteiger partial charge in [0.1, 0.15) is 0 Å². The summed E-state index contributed by atoms with van der Waals surface area (Å²) in [5, 5.41) is 0. The first kappa shape index (κ1) is 16.3. The Hall–Kier alpha value is -3.04. The third-order valence-corrected chi connectivity index (χ3v) is 3.43. The fourth-order valence-corrected chi connectivity index (χ4v) is 2.23. The van der Waals surface area contributed by atoms with Crippen LogP contribution in [0.3, 0.4) is 0 Å². The maximum absolute atomic E-state index is 12.6. The minimum Gasteiger partial charge on any atom is -0.308 e. The summed E-state index contributed by atoms with van der Waals surface area (Å²) in [6.07, 6.45) is 15.8. The van der Waals surface area contributed by atoms with Crippen molar-refractivity contribution in [3.8, 4) is 24.7 Å². The fourth-order valence-electron chi connectivity index (χ4n) is 2.23. The second kappa shape index (κ2) is 8.41. The highest BCUT2D eigenvalue weighted by atomic mass is 16.2. The number of unbranched alkanes of at least 4 members (excludes halogenated alkanes) is 1. The molecule has 0 aliphatic heterocycles. The summed E-state index contributed by atoms with van der Waals surface area (Å²) in [6, 6.07) is 11.2. The quantitative estimate of drug-likeness (QED) is 0.605. The molecule has 0 bridgehead atoms. The monoisotopic (exact) mass is 302 g/mol. The molecule has 1 aromatic heterocycles. The average molecular weight is 302 g/mol. The van der Waals surface area contributed by atoms with Gasteiger partial charge in [-0.15, -0.1) is 18.8 Å². The molecule has 2 aromatic rings. The molecule has 0 saturated heterocycles. The van der Waals surface area contributed by atoms with Gasteiger partial charge in [0.2, 0.25) is 5.91 Å². The molecule has 114 valence electrons. The molecule has 3 heteroatoms. The molecule has 0 spiro atoms. The summed E-state index contributed by atoms with van der Waals surface area (Å²) in [5.74, 6) is 5.20. The lowest BCUT2D eigenvalue weighted by Gasteiger charge is -2.23. The Bertz CT molecular complexity index is 738. The number of rotatable bonds is 6. The second-order valence-corrected chi connectivity index (χ2v) is 5.09. The van der Waals surface area contributed by atoms with Crippen LogP contribution in [0.25, 0.3) is 0 Å². The highest BCUT2D eigenvalue weighted by molar-refractivity contribution is 5.93. The number of carbonyl (C=O) groups excluding carboxylic acids is 1. The zero-order chi connectivity index (χ0) is 16.5. The van der Waals surface area contributed by atoms with Crippen LogP contribution in [0.5, 0.6) is 0 Å². The number of benzene rings is 1. The number of carbonyl (C=O) groups is 1. The highest BCUT2D eigenvalue weighted by Gasteiger charge is 2.16. The lowest BCUT2D eigenvalue weighted by Crippen LogP contribution is -2.30. The van der Waals surface area contributed by atoms with Crippen molar-refractivity contribution in [2.75, 3.05) is 4.90 Å². The van der Waals surface area contributed by atoms with Gasteiger partial charge in [-0.05, 0) is 42.3 Å². The van der Waals surface area contributed by atoms with Crippen molar-refractivity contribution in [3.63, 3.8) is 0 Å². The van der Waals surface area contributed by atoms with E-state index >= 15 is 0 Å². The Balaban J connectivity index is 2.25. The van der Waals surface area contributed by atoms with E-state index in [2.05, 4.69) is 16.8 Å². The normalized spacial score (nSPS) is 9.65. The van der Waals surface area contributed by atoms with Crippen molar-refractivity contribution in [1.29, 1.82) is 0 Å². The summed E-state index contributed by atoms with van der Waals surface area (Å²) in [4.78, 5) is 18.4. The van der Waals surface area contributed by atoms with E-state index in [1.165, 1.54) is 0 Å². The van der Waals surface area contributed by atoms with Crippen molar-refractivity contribution < 1.29 is 4.79 Å². The van der Waals surface area contributed by atoms with E-state index in [1.54, 1.807) is 17.3 Å². The zero-order valence-corrected chi connectivity index (χ0v) is 12.9. The number of anilines is 1. The Kier molecular flexibility index (Phi) is 5.98. The average Bonchev–Trinajstić information content (AvgIpc) is 2.60. The summed E-state index contributed by atoms with van der Waals surface area (Å²) in [6.45, 7) is 0.478. The molecule has 0 radical (unpaired) electrons. The van der Waals surface area contributed by atoms with Gasteiger partial charge in [0.15, 0.2) is 0 Å². The predicted octanol–water partition coefficient (Wildman–Crippen LogP) is 3.40. The van der Waals surface area contributed by atoms with Crippen LogP contribution in [0.1, 0.15) is 30.4 Å². The minimum atomic E-state index is 0.0335. The first-order valence-corrected chi connectivity index (χ1v) is 7.44. The van der Waals surface area contributed by atoms with Gasteiger partial charge in [0.25, 0.3) is 0 Å². The molecule has 0 atom stereocenters. The van der Waals surface area contributed by atoms with E-state index in [0.29, 0.717) is 25.8 Å². The Labute approximate surface area is 137 Å². The Morgan fingerprint density at radius 3 is 2.65 bits per heavy atom. The zero-order valence-electron chi connectivity index (χ0n) is 12.9. The van der Waals surface area contributed by atoms with Gasteiger partial charge in [-0.1, -0.05) is 12.0 Å². The Morgan fingerprint density at radius 2 is 1.96 bits per heavy atom. The molecule has 23 heavy (non-hydrogen) atoms. The van der Waals surface area contributed by atoms with E-state index in [1.807, 2.05) is 36.4 Å².